The number of carbonyl (C=O) groups excluding carboxylic acids is 4. The number of carboxylic acid groups (broad SMARTS) is 1. The molecule has 0 bridgehead atoms. The number of carboxylic acids is 1. The van der Waals surface area contributed by atoms with Gasteiger partial charge in [0, 0.05) is 55.5 Å². The number of rotatable bonds is 20. The molecule has 2 aromatic heterocycles. The van der Waals surface area contributed by atoms with E-state index in [0.29, 0.717) is 16.9 Å². The van der Waals surface area contributed by atoms with Gasteiger partial charge < -0.3 is 51.2 Å². The number of thioether (sulfide) groups is 1. The van der Waals surface area contributed by atoms with Crippen LogP contribution in [0.5, 0.6) is 5.75 Å². The van der Waals surface area contributed by atoms with Crippen LogP contribution >= 0.6 is 11.8 Å². The molecule has 5 rings (SSSR count). The predicted octanol–water partition coefficient (Wildman–Crippen LogP) is -0.430. The van der Waals surface area contributed by atoms with Crippen LogP contribution in [-0.2, 0) is 46.8 Å². The van der Waals surface area contributed by atoms with E-state index in [1.807, 2.05) is 12.1 Å². The van der Waals surface area contributed by atoms with Crippen molar-refractivity contribution in [2.75, 3.05) is 25.3 Å². The number of para-hydroxylation sites is 1. The number of aliphatic carboxylic acids is 1. The summed E-state index contributed by atoms with van der Waals surface area (Å²) in [6, 6.07) is 5.92. The topological polar surface area (TPSA) is 323 Å². The van der Waals surface area contributed by atoms with Crippen molar-refractivity contribution in [2.24, 2.45) is 0 Å². The fraction of sp³-hybridized carbons (Fsp3) is 0.390. The number of aliphatic hydroxyl groups is 1. The number of phenolic OH excluding ortho intramolecular Hbond substituents is 1. The molecule has 5 unspecified atom stereocenters. The summed E-state index contributed by atoms with van der Waals surface area (Å²) < 4.78 is 33.8. The summed E-state index contributed by atoms with van der Waals surface area (Å²) in [5.74, 6) is -3.86. The van der Waals surface area contributed by atoms with E-state index in [1.54, 1.807) is 30.7 Å². The van der Waals surface area contributed by atoms with E-state index in [1.165, 1.54) is 43.9 Å². The summed E-state index contributed by atoms with van der Waals surface area (Å²) in [5, 5.41) is 41.5. The zero-order chi connectivity index (χ0) is 47.6. The molecule has 7 atom stereocenters. The Morgan fingerprint density at radius 2 is 1.72 bits per heavy atom. The standard InChI is InChI=1S/C41H51N9O13S2/c1-22(49(2)37(56)30(48-65(4,61)62)17-23-8-7-9-25(51)16-23)34(36(55)43-21-26-19-32(52)38(63-26)50-14-12-33(53)46-41(50)60)47-35(54)29(13-15-64-3)44-40(59)45-31(39(57)58)18-24-20-42-28-11-6-5-10-27(24)28/h5-12,14,16,20-22,29-32,34,38,42,48,51-52H,13,15,17-19H2,1-4H3,(H,43,55)(H,47,54)(H,57,58)(H2,44,45,59)(H,46,53,60)/b26-21+/t22?,29?,30?,31?,32-,34?,38-/m1/s1. The third-order valence-electron chi connectivity index (χ3n) is 10.5. The molecule has 1 aliphatic rings. The van der Waals surface area contributed by atoms with Gasteiger partial charge in [0.1, 0.15) is 41.8 Å². The van der Waals surface area contributed by atoms with Crippen LogP contribution in [-0.4, -0.2) is 135 Å². The first-order valence-corrected chi connectivity index (χ1v) is 23.3. The molecule has 24 heteroatoms. The molecule has 1 fully saturated rings. The molecule has 1 aliphatic heterocycles. The number of benzene rings is 2. The van der Waals surface area contributed by atoms with Crippen LogP contribution in [0.1, 0.15) is 37.1 Å². The summed E-state index contributed by atoms with van der Waals surface area (Å²) in [7, 11) is -2.74. The Morgan fingerprint density at radius 1 is 1.00 bits per heavy atom. The van der Waals surface area contributed by atoms with Gasteiger partial charge in [0.05, 0.1) is 12.3 Å². The van der Waals surface area contributed by atoms with E-state index in [9.17, 15) is 57.3 Å². The SMILES string of the molecule is CSCCC(NC(=O)NC(Cc1c[nH]c2ccccc12)C(=O)O)C(=O)NC(C(=O)N/C=C1\C[C@@H](O)[C@H](n2ccc(=O)[nH]c2=O)O1)C(C)N(C)C(=O)C(Cc1cccc(O)c1)NS(C)(=O)=O. The van der Waals surface area contributed by atoms with Crippen LogP contribution in [0.2, 0.25) is 0 Å². The molecule has 65 heavy (non-hydrogen) atoms. The number of aromatic nitrogens is 3. The zero-order valence-electron chi connectivity index (χ0n) is 35.6. The second-order valence-corrected chi connectivity index (χ2v) is 18.1. The number of nitrogens with zero attached hydrogens (tertiary/aromatic N) is 2. The highest BCUT2D eigenvalue weighted by atomic mass is 32.2. The van der Waals surface area contributed by atoms with Gasteiger partial charge in [-0.2, -0.15) is 11.8 Å². The molecule has 1 saturated heterocycles. The van der Waals surface area contributed by atoms with Crippen LogP contribution < -0.4 is 37.2 Å². The number of carbonyl (C=O) groups is 5. The van der Waals surface area contributed by atoms with E-state index >= 15 is 0 Å². The molecular weight excluding hydrogens is 891 g/mol. The second kappa shape index (κ2) is 21.8. The van der Waals surface area contributed by atoms with Crippen molar-refractivity contribution in [3.63, 3.8) is 0 Å². The van der Waals surface area contributed by atoms with Crippen LogP contribution in [0.3, 0.4) is 0 Å². The molecule has 22 nitrogen and oxygen atoms in total. The fourth-order valence-corrected chi connectivity index (χ4v) is 8.23. The second-order valence-electron chi connectivity index (χ2n) is 15.3. The number of aliphatic hydroxyl groups excluding tert-OH is 1. The Morgan fingerprint density at radius 3 is 2.40 bits per heavy atom. The first-order valence-electron chi connectivity index (χ1n) is 20.1. The molecular formula is C41H51N9O13S2. The van der Waals surface area contributed by atoms with Gasteiger partial charge >= 0.3 is 17.7 Å². The third-order valence-corrected chi connectivity index (χ3v) is 11.8. The smallest absolute Gasteiger partial charge is 0.331 e. The average Bonchev–Trinajstić information content (AvgIpc) is 3.83. The lowest BCUT2D eigenvalue weighted by Gasteiger charge is -2.34. The number of urea groups is 1. The number of likely N-dealkylation sites (N-methyl/N-ethyl adjacent to an activating group) is 1. The minimum atomic E-state index is -4.01. The van der Waals surface area contributed by atoms with Crippen LogP contribution in [0.25, 0.3) is 10.9 Å². The number of hydrogen-bond donors (Lipinski definition) is 10. The molecule has 0 spiro atoms. The van der Waals surface area contributed by atoms with Gasteiger partial charge in [0.2, 0.25) is 34.0 Å². The lowest BCUT2D eigenvalue weighted by molar-refractivity contribution is -0.139. The molecule has 0 aliphatic carbocycles. The zero-order valence-corrected chi connectivity index (χ0v) is 37.3. The highest BCUT2D eigenvalue weighted by Crippen LogP contribution is 2.30. The van der Waals surface area contributed by atoms with Gasteiger partial charge in [-0.25, -0.2) is 27.5 Å². The summed E-state index contributed by atoms with van der Waals surface area (Å²) in [6.07, 6.45) is 3.31. The molecule has 0 radical (unpaired) electrons. The maximum absolute atomic E-state index is 14.2. The van der Waals surface area contributed by atoms with Gasteiger partial charge in [-0.05, 0) is 61.1 Å². The molecule has 350 valence electrons. The predicted molar refractivity (Wildman–Crippen MR) is 238 cm³/mol. The number of H-pyrrole nitrogens is 2. The Hall–Kier alpha value is -6.63. The summed E-state index contributed by atoms with van der Waals surface area (Å²) in [4.78, 5) is 98.3. The molecule has 3 heterocycles. The molecule has 0 saturated carbocycles. The minimum Gasteiger partial charge on any atom is -0.508 e. The summed E-state index contributed by atoms with van der Waals surface area (Å²) >= 11 is 1.33. The number of fused-ring (bicyclic) bond motifs is 1. The van der Waals surface area contributed by atoms with Gasteiger partial charge in [-0.15, -0.1) is 0 Å². The maximum atomic E-state index is 14.2. The number of amides is 5. The van der Waals surface area contributed by atoms with E-state index in [4.69, 9.17) is 4.74 Å². The van der Waals surface area contributed by atoms with Crippen LogP contribution in [0.4, 0.5) is 4.79 Å². The van der Waals surface area contributed by atoms with Gasteiger partial charge in [-0.3, -0.25) is 28.7 Å². The van der Waals surface area contributed by atoms with Gasteiger partial charge in [0.15, 0.2) is 0 Å². The first kappa shape index (κ1) is 49.4. The quantitative estimate of drug-likeness (QED) is 0.0538. The van der Waals surface area contributed by atoms with Crippen molar-refractivity contribution in [3.8, 4) is 5.75 Å². The lowest BCUT2D eigenvalue weighted by atomic mass is 10.0. The summed E-state index contributed by atoms with van der Waals surface area (Å²) in [5.41, 5.74) is 0.233. The maximum Gasteiger partial charge on any atom is 0.331 e. The Balaban J connectivity index is 1.39. The van der Waals surface area contributed by atoms with Crippen molar-refractivity contribution < 1.29 is 52.4 Å². The Bertz CT molecular complexity index is 2650. The van der Waals surface area contributed by atoms with Crippen LogP contribution in [0, 0.1) is 0 Å². The van der Waals surface area contributed by atoms with Crippen molar-refractivity contribution in [1.29, 1.82) is 0 Å². The largest absolute Gasteiger partial charge is 0.508 e. The van der Waals surface area contributed by atoms with Crippen molar-refractivity contribution >= 4 is 62.4 Å². The number of ether oxygens (including phenoxy) is 1. The fourth-order valence-electron chi connectivity index (χ4n) is 7.06. The van der Waals surface area contributed by atoms with Gasteiger partial charge in [0.25, 0.3) is 5.56 Å². The highest BCUT2D eigenvalue weighted by Gasteiger charge is 2.38. The van der Waals surface area contributed by atoms with Crippen molar-refractivity contribution in [3.05, 3.63) is 111 Å². The number of hydrogen-bond acceptors (Lipinski definition) is 13. The monoisotopic (exact) mass is 941 g/mol. The first-order chi connectivity index (χ1) is 30.7. The normalized spacial score (nSPS) is 17.8. The molecule has 5 amide bonds. The van der Waals surface area contributed by atoms with E-state index in [0.717, 1.165) is 45.1 Å². The Labute approximate surface area is 376 Å². The number of nitrogens with one attached hydrogen (secondary N) is 7. The Kier molecular flexibility index (Phi) is 16.6. The van der Waals surface area contributed by atoms with Crippen molar-refractivity contribution in [2.45, 2.75) is 75.1 Å². The molecule has 2 aromatic carbocycles. The average molecular weight is 942 g/mol. The number of phenols is 1. The van der Waals surface area contributed by atoms with Crippen LogP contribution in [0.15, 0.2) is 88.5 Å². The van der Waals surface area contributed by atoms with E-state index in [2.05, 4.69) is 36.0 Å². The van der Waals surface area contributed by atoms with E-state index in [-0.39, 0.29) is 37.2 Å². The third kappa shape index (κ3) is 13.4. The minimum absolute atomic E-state index is 0.00363. The molecule has 10 N–H and O–H groups in total. The van der Waals surface area contributed by atoms with E-state index < -0.39 is 93.5 Å². The van der Waals surface area contributed by atoms with Crippen molar-refractivity contribution in [1.82, 2.24) is 45.4 Å². The molecule has 4 aromatic rings. The number of aromatic amines is 2. The highest BCUT2D eigenvalue weighted by molar-refractivity contribution is 7.98. The number of aromatic hydroxyl groups is 1. The number of sulfonamides is 1. The lowest BCUT2D eigenvalue weighted by Crippen LogP contribution is -2.62. The van der Waals surface area contributed by atoms with Gasteiger partial charge in [-0.1, -0.05) is 30.3 Å². The summed E-state index contributed by atoms with van der Waals surface area (Å²) in [6.45, 7) is 1.40.